The Morgan fingerprint density at radius 2 is 2.05 bits per heavy atom. The highest BCUT2D eigenvalue weighted by Gasteiger charge is 2.28. The van der Waals surface area contributed by atoms with Crippen LogP contribution in [0.2, 0.25) is 0 Å². The Kier molecular flexibility index (Phi) is 5.60. The van der Waals surface area contributed by atoms with E-state index in [1.807, 2.05) is 6.92 Å². The molecule has 5 nitrogen and oxygen atoms in total. The summed E-state index contributed by atoms with van der Waals surface area (Å²) in [5, 5.41) is 2.84. The fraction of sp³-hybridized carbons (Fsp3) is 0.562. The van der Waals surface area contributed by atoms with Crippen molar-refractivity contribution in [2.75, 3.05) is 33.9 Å². The number of halogens is 1. The lowest BCUT2D eigenvalue weighted by Crippen LogP contribution is -2.32. The minimum atomic E-state index is -0.320. The maximum absolute atomic E-state index is 14.1. The van der Waals surface area contributed by atoms with Crippen molar-refractivity contribution in [3.8, 4) is 11.5 Å². The quantitative estimate of drug-likeness (QED) is 0.870. The number of rotatable bonds is 6. The highest BCUT2D eigenvalue weighted by Crippen LogP contribution is 2.31. The molecule has 1 aliphatic heterocycles. The predicted octanol–water partition coefficient (Wildman–Crippen LogP) is 1.80. The van der Waals surface area contributed by atoms with Crippen molar-refractivity contribution >= 4 is 5.91 Å². The number of amides is 1. The largest absolute Gasteiger partial charge is 0.493 e. The van der Waals surface area contributed by atoms with Crippen LogP contribution < -0.4 is 14.8 Å². The molecule has 1 N–H and O–H groups in total. The standard InChI is InChI=1S/C16H23FN2O3/c1-4-18-16(20)11-5-6-19(9-11)10-12-7-14(21-2)15(22-3)8-13(12)17/h7-8,11H,4-6,9-10H2,1-3H3,(H,18,20)/t11-/m0/s1. The summed E-state index contributed by atoms with van der Waals surface area (Å²) >= 11 is 0. The number of hydrogen-bond donors (Lipinski definition) is 1. The van der Waals surface area contributed by atoms with E-state index in [1.165, 1.54) is 20.3 Å². The lowest BCUT2D eigenvalue weighted by atomic mass is 10.1. The second-order valence-electron chi connectivity index (χ2n) is 5.41. The Hall–Kier alpha value is -1.82. The van der Waals surface area contributed by atoms with Gasteiger partial charge in [0.05, 0.1) is 20.1 Å². The maximum Gasteiger partial charge on any atom is 0.224 e. The highest BCUT2D eigenvalue weighted by atomic mass is 19.1. The minimum Gasteiger partial charge on any atom is -0.493 e. The summed E-state index contributed by atoms with van der Waals surface area (Å²) in [5.41, 5.74) is 0.550. The van der Waals surface area contributed by atoms with Gasteiger partial charge in [-0.15, -0.1) is 0 Å². The zero-order valence-electron chi connectivity index (χ0n) is 13.3. The lowest BCUT2D eigenvalue weighted by Gasteiger charge is -2.18. The smallest absolute Gasteiger partial charge is 0.224 e. The van der Waals surface area contributed by atoms with E-state index in [0.29, 0.717) is 36.7 Å². The van der Waals surface area contributed by atoms with E-state index in [-0.39, 0.29) is 17.6 Å². The molecule has 0 spiro atoms. The Morgan fingerprint density at radius 3 is 2.68 bits per heavy atom. The van der Waals surface area contributed by atoms with Gasteiger partial charge in [-0.1, -0.05) is 0 Å². The van der Waals surface area contributed by atoms with Crippen molar-refractivity contribution in [2.45, 2.75) is 19.9 Å². The third kappa shape index (κ3) is 3.68. The molecule has 1 atom stereocenters. The first-order valence-corrected chi connectivity index (χ1v) is 7.49. The summed E-state index contributed by atoms with van der Waals surface area (Å²) in [5.74, 6) is 0.642. The van der Waals surface area contributed by atoms with Gasteiger partial charge in [0.15, 0.2) is 11.5 Å². The average molecular weight is 310 g/mol. The number of methoxy groups -OCH3 is 2. The number of hydrogen-bond acceptors (Lipinski definition) is 4. The van der Waals surface area contributed by atoms with Crippen LogP contribution in [-0.2, 0) is 11.3 Å². The number of nitrogens with zero attached hydrogens (tertiary/aromatic N) is 1. The van der Waals surface area contributed by atoms with E-state index < -0.39 is 0 Å². The van der Waals surface area contributed by atoms with Crippen LogP contribution in [0.4, 0.5) is 4.39 Å². The van der Waals surface area contributed by atoms with E-state index >= 15 is 0 Å². The summed E-state index contributed by atoms with van der Waals surface area (Å²) in [4.78, 5) is 13.9. The van der Waals surface area contributed by atoms with Crippen LogP contribution >= 0.6 is 0 Å². The molecule has 0 bridgehead atoms. The molecule has 1 amide bonds. The molecule has 0 aliphatic carbocycles. The van der Waals surface area contributed by atoms with Crippen LogP contribution in [-0.4, -0.2) is 44.7 Å². The molecule has 1 aromatic rings. The average Bonchev–Trinajstić information content (AvgIpc) is 2.97. The van der Waals surface area contributed by atoms with Crippen molar-refractivity contribution in [1.82, 2.24) is 10.2 Å². The number of benzene rings is 1. The van der Waals surface area contributed by atoms with Crippen LogP contribution in [0.15, 0.2) is 12.1 Å². The number of carbonyl (C=O) groups is 1. The van der Waals surface area contributed by atoms with Crippen LogP contribution in [0.25, 0.3) is 0 Å². The second kappa shape index (κ2) is 7.45. The summed E-state index contributed by atoms with van der Waals surface area (Å²) in [6.07, 6.45) is 0.806. The Labute approximate surface area is 130 Å². The summed E-state index contributed by atoms with van der Waals surface area (Å²) in [6, 6.07) is 3.00. The summed E-state index contributed by atoms with van der Waals surface area (Å²) in [7, 11) is 3.01. The van der Waals surface area contributed by atoms with Gasteiger partial charge >= 0.3 is 0 Å². The predicted molar refractivity (Wildman–Crippen MR) is 81.6 cm³/mol. The van der Waals surface area contributed by atoms with E-state index in [1.54, 1.807) is 6.07 Å². The maximum atomic E-state index is 14.1. The van der Waals surface area contributed by atoms with Crippen LogP contribution in [0.5, 0.6) is 11.5 Å². The van der Waals surface area contributed by atoms with Gasteiger partial charge in [0, 0.05) is 31.3 Å². The van der Waals surface area contributed by atoms with Crippen LogP contribution in [0.1, 0.15) is 18.9 Å². The van der Waals surface area contributed by atoms with Crippen molar-refractivity contribution in [3.63, 3.8) is 0 Å². The van der Waals surface area contributed by atoms with Gasteiger partial charge in [-0.25, -0.2) is 4.39 Å². The molecule has 1 aromatic carbocycles. The number of ether oxygens (including phenoxy) is 2. The zero-order valence-corrected chi connectivity index (χ0v) is 13.3. The first kappa shape index (κ1) is 16.5. The Morgan fingerprint density at radius 1 is 1.36 bits per heavy atom. The second-order valence-corrected chi connectivity index (χ2v) is 5.41. The van der Waals surface area contributed by atoms with E-state index in [9.17, 15) is 9.18 Å². The molecule has 0 unspecified atom stereocenters. The molecular weight excluding hydrogens is 287 g/mol. The molecule has 0 saturated carbocycles. The SMILES string of the molecule is CCNC(=O)[C@H]1CCN(Cc2cc(OC)c(OC)cc2F)C1. The molecule has 1 fully saturated rings. The van der Waals surface area contributed by atoms with Crippen molar-refractivity contribution < 1.29 is 18.7 Å². The molecule has 6 heteroatoms. The Balaban J connectivity index is 2.04. The molecular formula is C16H23FN2O3. The van der Waals surface area contributed by atoms with Gasteiger partial charge in [0.2, 0.25) is 5.91 Å². The molecule has 22 heavy (non-hydrogen) atoms. The van der Waals surface area contributed by atoms with E-state index in [0.717, 1.165) is 13.0 Å². The van der Waals surface area contributed by atoms with E-state index in [4.69, 9.17) is 9.47 Å². The fourth-order valence-electron chi connectivity index (χ4n) is 2.77. The van der Waals surface area contributed by atoms with Gasteiger partial charge in [-0.05, 0) is 26.0 Å². The molecule has 0 radical (unpaired) electrons. The normalized spacial score (nSPS) is 18.3. The summed E-state index contributed by atoms with van der Waals surface area (Å²) in [6.45, 7) is 4.45. The number of nitrogens with one attached hydrogen (secondary N) is 1. The summed E-state index contributed by atoms with van der Waals surface area (Å²) < 4.78 is 24.4. The number of likely N-dealkylation sites (tertiary alicyclic amines) is 1. The first-order chi connectivity index (χ1) is 10.6. The molecule has 2 rings (SSSR count). The molecule has 122 valence electrons. The molecule has 1 heterocycles. The molecule has 1 aliphatic rings. The monoisotopic (exact) mass is 310 g/mol. The molecule has 1 saturated heterocycles. The number of carbonyl (C=O) groups excluding carboxylic acids is 1. The third-order valence-corrected chi connectivity index (χ3v) is 3.94. The van der Waals surface area contributed by atoms with Crippen LogP contribution in [0, 0.1) is 11.7 Å². The zero-order chi connectivity index (χ0) is 16.1. The van der Waals surface area contributed by atoms with Crippen molar-refractivity contribution in [2.24, 2.45) is 5.92 Å². The van der Waals surface area contributed by atoms with Gasteiger partial charge in [-0.2, -0.15) is 0 Å². The van der Waals surface area contributed by atoms with Gasteiger partial charge in [0.25, 0.3) is 0 Å². The minimum absolute atomic E-state index is 0.0110. The van der Waals surface area contributed by atoms with Crippen LogP contribution in [0.3, 0.4) is 0 Å². The Bertz CT molecular complexity index is 536. The first-order valence-electron chi connectivity index (χ1n) is 7.49. The van der Waals surface area contributed by atoms with Crippen molar-refractivity contribution in [1.29, 1.82) is 0 Å². The lowest BCUT2D eigenvalue weighted by molar-refractivity contribution is -0.124. The van der Waals surface area contributed by atoms with Gasteiger partial charge < -0.3 is 14.8 Å². The topological polar surface area (TPSA) is 50.8 Å². The highest BCUT2D eigenvalue weighted by molar-refractivity contribution is 5.79. The fourth-order valence-corrected chi connectivity index (χ4v) is 2.77. The van der Waals surface area contributed by atoms with Crippen molar-refractivity contribution in [3.05, 3.63) is 23.5 Å². The molecule has 0 aromatic heterocycles. The third-order valence-electron chi connectivity index (χ3n) is 3.94. The van der Waals surface area contributed by atoms with Gasteiger partial charge in [0.1, 0.15) is 5.82 Å². The van der Waals surface area contributed by atoms with Gasteiger partial charge in [-0.3, -0.25) is 9.69 Å². The van der Waals surface area contributed by atoms with E-state index in [2.05, 4.69) is 10.2 Å².